The number of amides is 1. The van der Waals surface area contributed by atoms with Crippen molar-refractivity contribution in [2.75, 3.05) is 18.0 Å². The summed E-state index contributed by atoms with van der Waals surface area (Å²) in [6.07, 6.45) is 4.90. The Morgan fingerprint density at radius 1 is 1.15 bits per heavy atom. The van der Waals surface area contributed by atoms with E-state index in [-0.39, 0.29) is 12.0 Å². The van der Waals surface area contributed by atoms with Gasteiger partial charge in [-0.05, 0) is 31.7 Å². The number of aromatic nitrogens is 2. The van der Waals surface area contributed by atoms with Gasteiger partial charge in [0.05, 0.1) is 5.92 Å². The van der Waals surface area contributed by atoms with Crippen LogP contribution in [0.4, 0.5) is 5.82 Å². The topological polar surface area (TPSA) is 49.3 Å². The van der Waals surface area contributed by atoms with Crippen LogP contribution in [0.2, 0.25) is 0 Å². The molecule has 26 heavy (non-hydrogen) atoms. The average molecular weight is 350 g/mol. The molecule has 3 aliphatic rings. The van der Waals surface area contributed by atoms with Gasteiger partial charge in [-0.2, -0.15) is 0 Å². The first-order valence-electron chi connectivity index (χ1n) is 9.57. The monoisotopic (exact) mass is 350 g/mol. The summed E-state index contributed by atoms with van der Waals surface area (Å²) in [6, 6.07) is 10.6. The lowest BCUT2D eigenvalue weighted by molar-refractivity contribution is -0.140. The summed E-state index contributed by atoms with van der Waals surface area (Å²) in [7, 11) is 0. The minimum atomic E-state index is 0.0671. The minimum Gasteiger partial charge on any atom is -0.353 e. The van der Waals surface area contributed by atoms with E-state index in [1.807, 2.05) is 31.3 Å². The molecule has 0 unspecified atom stereocenters. The lowest BCUT2D eigenvalue weighted by Gasteiger charge is -2.36. The van der Waals surface area contributed by atoms with Gasteiger partial charge in [-0.25, -0.2) is 9.97 Å². The van der Waals surface area contributed by atoms with Crippen molar-refractivity contribution in [3.8, 4) is 0 Å². The maximum Gasteiger partial charge on any atom is 0.228 e. The van der Waals surface area contributed by atoms with Gasteiger partial charge >= 0.3 is 0 Å². The number of aryl methyl sites for hydroxylation is 2. The average Bonchev–Trinajstić information content (AvgIpc) is 2.95. The smallest absolute Gasteiger partial charge is 0.228 e. The second-order valence-corrected chi connectivity index (χ2v) is 7.40. The van der Waals surface area contributed by atoms with Crippen molar-refractivity contribution in [1.82, 2.24) is 14.9 Å². The molecule has 2 aromatic rings. The van der Waals surface area contributed by atoms with E-state index >= 15 is 0 Å². The van der Waals surface area contributed by atoms with Gasteiger partial charge in [0.1, 0.15) is 11.6 Å². The Bertz CT molecular complexity index is 792. The molecule has 2 atom stereocenters. The van der Waals surface area contributed by atoms with Crippen molar-refractivity contribution in [1.29, 1.82) is 0 Å². The second kappa shape index (κ2) is 7.06. The SMILES string of the molecule is CCc1cnc(C)nc1N1C[C@@H]2CC[C@H](C1)N(Cc1ccccc1)C2=O. The third-order valence-corrected chi connectivity index (χ3v) is 5.63. The number of rotatable bonds is 4. The molecule has 3 fully saturated rings. The third kappa shape index (κ3) is 3.18. The van der Waals surface area contributed by atoms with Crippen molar-refractivity contribution < 1.29 is 4.79 Å². The van der Waals surface area contributed by atoms with Crippen LogP contribution < -0.4 is 4.90 Å². The lowest BCUT2D eigenvalue weighted by Crippen LogP contribution is -2.47. The molecule has 3 aliphatic heterocycles. The van der Waals surface area contributed by atoms with E-state index < -0.39 is 0 Å². The predicted molar refractivity (Wildman–Crippen MR) is 102 cm³/mol. The largest absolute Gasteiger partial charge is 0.353 e. The summed E-state index contributed by atoms with van der Waals surface area (Å²) in [4.78, 5) is 26.6. The Hall–Kier alpha value is -2.43. The van der Waals surface area contributed by atoms with Crippen molar-refractivity contribution in [2.24, 2.45) is 5.92 Å². The molecule has 4 heterocycles. The van der Waals surface area contributed by atoms with Crippen LogP contribution in [-0.4, -0.2) is 39.9 Å². The molecular formula is C21H26N4O. The zero-order chi connectivity index (χ0) is 18.1. The van der Waals surface area contributed by atoms with Gasteiger partial charge in [-0.1, -0.05) is 37.3 Å². The molecule has 0 spiro atoms. The molecule has 1 aromatic carbocycles. The first kappa shape index (κ1) is 17.0. The number of hydrogen-bond donors (Lipinski definition) is 0. The normalized spacial score (nSPS) is 22.6. The Kier molecular flexibility index (Phi) is 4.62. The van der Waals surface area contributed by atoms with Crippen LogP contribution in [0.3, 0.4) is 0 Å². The Labute approximate surface area is 155 Å². The Morgan fingerprint density at radius 2 is 1.96 bits per heavy atom. The van der Waals surface area contributed by atoms with Crippen LogP contribution in [-0.2, 0) is 17.8 Å². The van der Waals surface area contributed by atoms with Gasteiger partial charge in [0, 0.05) is 37.4 Å². The van der Waals surface area contributed by atoms with Gasteiger partial charge in [0.2, 0.25) is 5.91 Å². The second-order valence-electron chi connectivity index (χ2n) is 7.40. The number of carbonyl (C=O) groups is 1. The van der Waals surface area contributed by atoms with Crippen molar-refractivity contribution >= 4 is 11.7 Å². The van der Waals surface area contributed by atoms with Crippen molar-refractivity contribution in [3.63, 3.8) is 0 Å². The molecule has 5 nitrogen and oxygen atoms in total. The van der Waals surface area contributed by atoms with Gasteiger partial charge in [0.15, 0.2) is 0 Å². The molecule has 0 N–H and O–H groups in total. The van der Waals surface area contributed by atoms with E-state index in [9.17, 15) is 4.79 Å². The summed E-state index contributed by atoms with van der Waals surface area (Å²) in [5, 5.41) is 0. The van der Waals surface area contributed by atoms with Crippen LogP contribution in [0.5, 0.6) is 0 Å². The molecule has 1 amide bonds. The standard InChI is InChI=1S/C21H26N4O/c1-3-17-11-22-15(2)23-20(17)24-13-18-9-10-19(14-24)25(21(18)26)12-16-7-5-4-6-8-16/h4-8,11,18-19H,3,9-10,12-14H2,1-2H3/t18-,19+/m0/s1. The maximum atomic E-state index is 13.1. The first-order valence-corrected chi connectivity index (χ1v) is 9.57. The number of carbonyl (C=O) groups excluding carboxylic acids is 1. The maximum absolute atomic E-state index is 13.1. The Balaban J connectivity index is 1.62. The zero-order valence-corrected chi connectivity index (χ0v) is 15.6. The molecule has 0 saturated carbocycles. The van der Waals surface area contributed by atoms with E-state index in [4.69, 9.17) is 4.98 Å². The summed E-state index contributed by atoms with van der Waals surface area (Å²) < 4.78 is 0. The van der Waals surface area contributed by atoms with Gasteiger partial charge < -0.3 is 9.80 Å². The summed E-state index contributed by atoms with van der Waals surface area (Å²) in [6.45, 7) is 6.40. The highest BCUT2D eigenvalue weighted by molar-refractivity contribution is 5.81. The molecule has 5 rings (SSSR count). The van der Waals surface area contributed by atoms with Gasteiger partial charge in [0.25, 0.3) is 0 Å². The summed E-state index contributed by atoms with van der Waals surface area (Å²) >= 11 is 0. The highest BCUT2D eigenvalue weighted by Gasteiger charge is 2.41. The fraction of sp³-hybridized carbons (Fsp3) is 0.476. The highest BCUT2D eigenvalue weighted by atomic mass is 16.2. The number of anilines is 1. The van der Waals surface area contributed by atoms with E-state index in [1.54, 1.807) is 0 Å². The van der Waals surface area contributed by atoms with Gasteiger partial charge in [-0.15, -0.1) is 0 Å². The number of piperidine rings is 1. The molecular weight excluding hydrogens is 324 g/mol. The fourth-order valence-electron chi connectivity index (χ4n) is 4.21. The summed E-state index contributed by atoms with van der Waals surface area (Å²) in [5.41, 5.74) is 2.37. The van der Waals surface area contributed by atoms with Crippen molar-refractivity contribution in [3.05, 3.63) is 53.5 Å². The molecule has 2 bridgehead atoms. The predicted octanol–water partition coefficient (Wildman–Crippen LogP) is 2.97. The van der Waals surface area contributed by atoms with Crippen LogP contribution >= 0.6 is 0 Å². The number of hydrogen-bond acceptors (Lipinski definition) is 4. The number of nitrogens with zero attached hydrogens (tertiary/aromatic N) is 4. The molecule has 1 aromatic heterocycles. The number of fused-ring (bicyclic) bond motifs is 4. The summed E-state index contributed by atoms with van der Waals surface area (Å²) in [5.74, 6) is 2.18. The molecule has 5 heteroatoms. The molecule has 0 aliphatic carbocycles. The van der Waals surface area contributed by atoms with Crippen LogP contribution in [0.15, 0.2) is 36.5 Å². The van der Waals surface area contributed by atoms with Gasteiger partial charge in [-0.3, -0.25) is 4.79 Å². The number of benzene rings is 1. The minimum absolute atomic E-state index is 0.0671. The van der Waals surface area contributed by atoms with Crippen molar-refractivity contribution in [2.45, 2.75) is 45.7 Å². The third-order valence-electron chi connectivity index (χ3n) is 5.63. The van der Waals surface area contributed by atoms with E-state index in [1.165, 1.54) is 11.1 Å². The highest BCUT2D eigenvalue weighted by Crippen LogP contribution is 2.33. The fourth-order valence-corrected chi connectivity index (χ4v) is 4.21. The van der Waals surface area contributed by atoms with Crippen LogP contribution in [0.25, 0.3) is 0 Å². The molecule has 3 saturated heterocycles. The lowest BCUT2D eigenvalue weighted by atomic mass is 9.93. The Morgan fingerprint density at radius 3 is 2.73 bits per heavy atom. The first-order chi connectivity index (χ1) is 12.7. The van der Waals surface area contributed by atoms with E-state index in [0.717, 1.165) is 44.0 Å². The molecule has 0 radical (unpaired) electrons. The zero-order valence-electron chi connectivity index (χ0n) is 15.6. The van der Waals surface area contributed by atoms with E-state index in [0.29, 0.717) is 12.5 Å². The molecule has 136 valence electrons. The van der Waals surface area contributed by atoms with E-state index in [2.05, 4.69) is 33.8 Å². The quantitative estimate of drug-likeness (QED) is 0.851. The van der Waals surface area contributed by atoms with Crippen LogP contribution in [0.1, 0.15) is 36.7 Å². The van der Waals surface area contributed by atoms with Crippen LogP contribution in [0, 0.1) is 12.8 Å².